The number of nitrogens with one attached hydrogen (secondary N) is 1. The maximum Gasteiger partial charge on any atom is 0.0712 e. The molecule has 0 amide bonds. The molecule has 1 fully saturated rings. The van der Waals surface area contributed by atoms with E-state index in [0.29, 0.717) is 12.1 Å². The van der Waals surface area contributed by atoms with Crippen LogP contribution in [0.5, 0.6) is 0 Å². The second-order valence-electron chi connectivity index (χ2n) is 5.67. The summed E-state index contributed by atoms with van der Waals surface area (Å²) < 4.78 is 3.55. The molecule has 0 bridgehead atoms. The number of hydrogen-bond acceptors (Lipinski definition) is 3. The second-order valence-corrected chi connectivity index (χ2v) is 8.16. The summed E-state index contributed by atoms with van der Waals surface area (Å²) in [6.07, 6.45) is 4.52. The van der Waals surface area contributed by atoms with E-state index in [-0.39, 0.29) is 4.75 Å². The SMILES string of the molecule is CCNC(c1c(Br)cnn1C(C)C)C1(C)CCCS1. The smallest absolute Gasteiger partial charge is 0.0712 e. The Morgan fingerprint density at radius 1 is 1.58 bits per heavy atom. The van der Waals surface area contributed by atoms with Crippen molar-refractivity contribution in [1.29, 1.82) is 0 Å². The minimum atomic E-state index is 0.269. The highest BCUT2D eigenvalue weighted by molar-refractivity contribution is 9.10. The van der Waals surface area contributed by atoms with Crippen LogP contribution in [-0.4, -0.2) is 26.8 Å². The summed E-state index contributed by atoms with van der Waals surface area (Å²) in [7, 11) is 0. The van der Waals surface area contributed by atoms with Gasteiger partial charge in [0.2, 0.25) is 0 Å². The van der Waals surface area contributed by atoms with E-state index in [0.717, 1.165) is 11.0 Å². The van der Waals surface area contributed by atoms with Crippen LogP contribution in [0.25, 0.3) is 0 Å². The van der Waals surface area contributed by atoms with Crippen molar-refractivity contribution in [2.45, 2.75) is 57.4 Å². The van der Waals surface area contributed by atoms with Crippen molar-refractivity contribution in [1.82, 2.24) is 15.1 Å². The Hall–Kier alpha value is -0.000000000000000111. The Morgan fingerprint density at radius 2 is 2.32 bits per heavy atom. The number of rotatable bonds is 5. The van der Waals surface area contributed by atoms with Crippen LogP contribution in [0, 0.1) is 0 Å². The zero-order valence-electron chi connectivity index (χ0n) is 12.2. The van der Waals surface area contributed by atoms with Gasteiger partial charge in [-0.25, -0.2) is 0 Å². The van der Waals surface area contributed by atoms with Gasteiger partial charge in [-0.3, -0.25) is 4.68 Å². The average molecular weight is 346 g/mol. The minimum absolute atomic E-state index is 0.269. The molecule has 2 atom stereocenters. The molecule has 1 saturated heterocycles. The molecule has 1 aromatic heterocycles. The van der Waals surface area contributed by atoms with Crippen molar-refractivity contribution >= 4 is 27.7 Å². The van der Waals surface area contributed by atoms with Gasteiger partial charge < -0.3 is 5.32 Å². The lowest BCUT2D eigenvalue weighted by molar-refractivity contribution is 0.378. The molecule has 2 heterocycles. The molecule has 2 rings (SSSR count). The van der Waals surface area contributed by atoms with Crippen LogP contribution in [0.4, 0.5) is 0 Å². The number of thioether (sulfide) groups is 1. The summed E-state index contributed by atoms with van der Waals surface area (Å²) in [6.45, 7) is 9.94. The predicted molar refractivity (Wildman–Crippen MR) is 86.8 cm³/mol. The summed E-state index contributed by atoms with van der Waals surface area (Å²) in [5.41, 5.74) is 1.30. The van der Waals surface area contributed by atoms with Crippen LogP contribution >= 0.6 is 27.7 Å². The van der Waals surface area contributed by atoms with Crippen LogP contribution < -0.4 is 5.32 Å². The molecule has 0 saturated carbocycles. The van der Waals surface area contributed by atoms with Crippen molar-refractivity contribution in [3.8, 4) is 0 Å². The van der Waals surface area contributed by atoms with E-state index in [1.807, 2.05) is 6.20 Å². The van der Waals surface area contributed by atoms with E-state index in [9.17, 15) is 0 Å². The van der Waals surface area contributed by atoms with Gasteiger partial charge in [0, 0.05) is 10.8 Å². The summed E-state index contributed by atoms with van der Waals surface area (Å²) in [5.74, 6) is 1.27. The molecule has 0 spiro atoms. The monoisotopic (exact) mass is 345 g/mol. The van der Waals surface area contributed by atoms with Gasteiger partial charge in [-0.2, -0.15) is 16.9 Å². The summed E-state index contributed by atoms with van der Waals surface area (Å²) in [4.78, 5) is 0. The first kappa shape index (κ1) is 15.4. The summed E-state index contributed by atoms with van der Waals surface area (Å²) >= 11 is 5.79. The van der Waals surface area contributed by atoms with Crippen LogP contribution in [0.15, 0.2) is 10.7 Å². The molecule has 1 N–H and O–H groups in total. The van der Waals surface area contributed by atoms with Gasteiger partial charge in [-0.15, -0.1) is 0 Å². The highest BCUT2D eigenvalue weighted by Crippen LogP contribution is 2.48. The van der Waals surface area contributed by atoms with Crippen LogP contribution in [0.2, 0.25) is 0 Å². The molecule has 108 valence electrons. The first-order valence-electron chi connectivity index (χ1n) is 7.10. The zero-order valence-corrected chi connectivity index (χ0v) is 14.6. The van der Waals surface area contributed by atoms with Gasteiger partial charge in [0.15, 0.2) is 0 Å². The van der Waals surface area contributed by atoms with Crippen molar-refractivity contribution in [3.05, 3.63) is 16.4 Å². The Morgan fingerprint density at radius 3 is 2.84 bits per heavy atom. The molecule has 19 heavy (non-hydrogen) atoms. The predicted octanol–water partition coefficient (Wildman–Crippen LogP) is 4.16. The Bertz CT molecular complexity index is 424. The average Bonchev–Trinajstić information content (AvgIpc) is 2.94. The van der Waals surface area contributed by atoms with Gasteiger partial charge in [-0.1, -0.05) is 6.92 Å². The number of halogens is 1. The number of aromatic nitrogens is 2. The molecule has 0 radical (unpaired) electrons. The number of nitrogens with zero attached hydrogens (tertiary/aromatic N) is 2. The standard InChI is InChI=1S/C14H24BrN3S/c1-5-16-13(14(4)7-6-8-19-14)12-11(15)9-17-18(12)10(2)3/h9-10,13,16H,5-8H2,1-4H3. The van der Waals surface area contributed by atoms with Crippen LogP contribution in [0.3, 0.4) is 0 Å². The topological polar surface area (TPSA) is 29.9 Å². The van der Waals surface area contributed by atoms with Crippen LogP contribution in [-0.2, 0) is 0 Å². The third-order valence-corrected chi connectivity index (χ3v) is 6.02. The first-order chi connectivity index (χ1) is 8.99. The van der Waals surface area contributed by atoms with E-state index >= 15 is 0 Å². The van der Waals surface area contributed by atoms with Crippen molar-refractivity contribution in [2.24, 2.45) is 0 Å². The molecule has 1 aliphatic heterocycles. The normalized spacial score (nSPS) is 25.2. The Labute approximate surface area is 129 Å². The fourth-order valence-electron chi connectivity index (χ4n) is 2.87. The third kappa shape index (κ3) is 3.03. The van der Waals surface area contributed by atoms with Crippen molar-refractivity contribution in [2.75, 3.05) is 12.3 Å². The quantitative estimate of drug-likeness (QED) is 0.868. The lowest BCUT2D eigenvalue weighted by atomic mass is 9.93. The van der Waals surface area contributed by atoms with Gasteiger partial charge in [0.1, 0.15) is 0 Å². The maximum atomic E-state index is 4.54. The molecule has 5 heteroatoms. The summed E-state index contributed by atoms with van der Waals surface area (Å²) in [5, 5.41) is 8.23. The van der Waals surface area contributed by atoms with Crippen molar-refractivity contribution < 1.29 is 0 Å². The second kappa shape index (κ2) is 6.19. The molecular weight excluding hydrogens is 322 g/mol. The molecule has 2 unspecified atom stereocenters. The van der Waals surface area contributed by atoms with Crippen LogP contribution in [0.1, 0.15) is 58.3 Å². The van der Waals surface area contributed by atoms with E-state index in [1.165, 1.54) is 24.3 Å². The fraction of sp³-hybridized carbons (Fsp3) is 0.786. The fourth-order valence-corrected chi connectivity index (χ4v) is 4.77. The molecular formula is C14H24BrN3S. The zero-order chi connectivity index (χ0) is 14.0. The lowest BCUT2D eigenvalue weighted by Crippen LogP contribution is -2.39. The first-order valence-corrected chi connectivity index (χ1v) is 8.87. The van der Waals surface area contributed by atoms with E-state index in [1.54, 1.807) is 0 Å². The van der Waals surface area contributed by atoms with E-state index < -0.39 is 0 Å². The molecule has 3 nitrogen and oxygen atoms in total. The lowest BCUT2D eigenvalue weighted by Gasteiger charge is -2.35. The van der Waals surface area contributed by atoms with Crippen molar-refractivity contribution in [3.63, 3.8) is 0 Å². The molecule has 0 aliphatic carbocycles. The van der Waals surface area contributed by atoms with Gasteiger partial charge in [-0.05, 0) is 61.8 Å². The van der Waals surface area contributed by atoms with Gasteiger partial charge in [0.05, 0.1) is 22.4 Å². The molecule has 1 aliphatic rings. The molecule has 0 aromatic carbocycles. The maximum absolute atomic E-state index is 4.54. The van der Waals surface area contributed by atoms with Gasteiger partial charge >= 0.3 is 0 Å². The highest BCUT2D eigenvalue weighted by Gasteiger charge is 2.41. The summed E-state index contributed by atoms with van der Waals surface area (Å²) in [6, 6.07) is 0.738. The van der Waals surface area contributed by atoms with E-state index in [4.69, 9.17) is 0 Å². The Balaban J connectivity index is 2.41. The van der Waals surface area contributed by atoms with E-state index in [2.05, 4.69) is 70.5 Å². The Kier molecular flexibility index (Phi) is 5.01. The number of hydrogen-bond donors (Lipinski definition) is 1. The molecule has 1 aromatic rings. The van der Waals surface area contributed by atoms with Gasteiger partial charge in [0.25, 0.3) is 0 Å². The third-order valence-electron chi connectivity index (χ3n) is 3.82. The minimum Gasteiger partial charge on any atom is -0.308 e. The highest BCUT2D eigenvalue weighted by atomic mass is 79.9. The largest absolute Gasteiger partial charge is 0.308 e.